The van der Waals surface area contributed by atoms with Crippen LogP contribution in [-0.2, 0) is 20.7 Å². The van der Waals surface area contributed by atoms with Gasteiger partial charge in [0.05, 0.1) is 24.4 Å². The fourth-order valence-corrected chi connectivity index (χ4v) is 5.35. The Balaban J connectivity index is 2.09. The smallest absolute Gasteiger partial charge is 0.303 e. The zero-order chi connectivity index (χ0) is 29.9. The highest BCUT2D eigenvalue weighted by Gasteiger charge is 2.31. The molecule has 2 unspecified atom stereocenters. The number of allylic oxidation sites excluding steroid dienone is 3. The first kappa shape index (κ1) is 33.9. The van der Waals surface area contributed by atoms with Crippen LogP contribution in [0.2, 0.25) is 0 Å². The highest BCUT2D eigenvalue weighted by Crippen LogP contribution is 2.47. The van der Waals surface area contributed by atoms with Crippen molar-refractivity contribution < 1.29 is 29.2 Å². The zero-order valence-corrected chi connectivity index (χ0v) is 26.1. The van der Waals surface area contributed by atoms with Crippen LogP contribution in [0.3, 0.4) is 0 Å². The third kappa shape index (κ3) is 11.3. The molecule has 1 aromatic rings. The molecule has 0 saturated heterocycles. The van der Waals surface area contributed by atoms with Crippen LogP contribution < -0.4 is 4.74 Å². The van der Waals surface area contributed by atoms with Gasteiger partial charge in [-0.15, -0.1) is 0 Å². The SMILES string of the molecule is C=C(C)C1CCC(C)=CC1c1c(O)cc(CCCCC)cc1OCCOC(C)(C)CCOC(C)(C)CCC(=O)O. The van der Waals surface area contributed by atoms with Gasteiger partial charge >= 0.3 is 5.97 Å². The van der Waals surface area contributed by atoms with Crippen molar-refractivity contribution in [2.45, 2.75) is 123 Å². The number of aromatic hydroxyl groups is 1. The molecule has 1 aliphatic rings. The maximum Gasteiger partial charge on any atom is 0.303 e. The summed E-state index contributed by atoms with van der Waals surface area (Å²) in [5.41, 5.74) is 3.49. The fraction of sp³-hybridized carbons (Fsp3) is 0.676. The molecule has 0 amide bonds. The molecule has 1 aromatic carbocycles. The van der Waals surface area contributed by atoms with Crippen LogP contribution in [0.5, 0.6) is 11.5 Å². The second kappa shape index (κ2) is 15.6. The lowest BCUT2D eigenvalue weighted by Gasteiger charge is -2.32. The molecular weight excluding hydrogens is 504 g/mol. The quantitative estimate of drug-likeness (QED) is 0.139. The number of carbonyl (C=O) groups is 1. The molecule has 0 aliphatic heterocycles. The summed E-state index contributed by atoms with van der Waals surface area (Å²) in [6, 6.07) is 4.03. The van der Waals surface area contributed by atoms with Crippen molar-refractivity contribution in [3.8, 4) is 11.5 Å². The van der Waals surface area contributed by atoms with Crippen LogP contribution in [0.15, 0.2) is 35.9 Å². The summed E-state index contributed by atoms with van der Waals surface area (Å²) < 4.78 is 18.5. The van der Waals surface area contributed by atoms with Gasteiger partial charge in [-0.25, -0.2) is 0 Å². The van der Waals surface area contributed by atoms with Crippen molar-refractivity contribution in [3.05, 3.63) is 47.1 Å². The number of rotatable bonds is 18. The molecule has 40 heavy (non-hydrogen) atoms. The molecule has 6 nitrogen and oxygen atoms in total. The minimum Gasteiger partial charge on any atom is -0.507 e. The van der Waals surface area contributed by atoms with Crippen molar-refractivity contribution in [3.63, 3.8) is 0 Å². The molecule has 0 saturated carbocycles. The van der Waals surface area contributed by atoms with E-state index < -0.39 is 17.2 Å². The van der Waals surface area contributed by atoms with Gasteiger partial charge < -0.3 is 24.4 Å². The lowest BCUT2D eigenvalue weighted by Crippen LogP contribution is -2.32. The Morgan fingerprint density at radius 3 is 2.38 bits per heavy atom. The van der Waals surface area contributed by atoms with E-state index in [-0.39, 0.29) is 18.3 Å². The summed E-state index contributed by atoms with van der Waals surface area (Å²) >= 11 is 0. The van der Waals surface area contributed by atoms with Crippen LogP contribution in [0.25, 0.3) is 0 Å². The first-order valence-electron chi connectivity index (χ1n) is 15.1. The number of ether oxygens (including phenoxy) is 3. The van der Waals surface area contributed by atoms with Gasteiger partial charge in [-0.3, -0.25) is 4.79 Å². The minimum atomic E-state index is -0.812. The molecule has 2 rings (SSSR count). The Hall–Kier alpha value is -2.31. The van der Waals surface area contributed by atoms with E-state index in [0.717, 1.165) is 61.0 Å². The Labute approximate surface area is 242 Å². The molecule has 2 atom stereocenters. The number of benzene rings is 1. The Kier molecular flexibility index (Phi) is 13.2. The van der Waals surface area contributed by atoms with Crippen LogP contribution in [-0.4, -0.2) is 47.2 Å². The lowest BCUT2D eigenvalue weighted by atomic mass is 9.73. The van der Waals surface area contributed by atoms with Gasteiger partial charge in [0.25, 0.3) is 0 Å². The number of carboxylic acid groups (broad SMARTS) is 1. The molecule has 226 valence electrons. The summed E-state index contributed by atoms with van der Waals surface area (Å²) in [4.78, 5) is 10.9. The van der Waals surface area contributed by atoms with E-state index in [4.69, 9.17) is 19.3 Å². The van der Waals surface area contributed by atoms with Gasteiger partial charge in [0.1, 0.15) is 18.1 Å². The number of hydrogen-bond donors (Lipinski definition) is 2. The summed E-state index contributed by atoms with van der Waals surface area (Å²) in [6.07, 6.45) is 9.87. The van der Waals surface area contributed by atoms with Crippen molar-refractivity contribution in [1.29, 1.82) is 0 Å². The maximum atomic E-state index is 11.3. The molecule has 1 aliphatic carbocycles. The van der Waals surface area contributed by atoms with Gasteiger partial charge in [0.15, 0.2) is 0 Å². The molecule has 0 spiro atoms. The first-order chi connectivity index (χ1) is 18.7. The fourth-order valence-electron chi connectivity index (χ4n) is 5.35. The molecule has 0 heterocycles. The van der Waals surface area contributed by atoms with Crippen molar-refractivity contribution in [2.24, 2.45) is 5.92 Å². The predicted octanol–water partition coefficient (Wildman–Crippen LogP) is 8.37. The summed E-state index contributed by atoms with van der Waals surface area (Å²) in [6.45, 7) is 19.8. The lowest BCUT2D eigenvalue weighted by molar-refractivity contribution is -0.139. The van der Waals surface area contributed by atoms with Gasteiger partial charge in [0, 0.05) is 17.9 Å². The summed E-state index contributed by atoms with van der Waals surface area (Å²) in [5, 5.41) is 20.2. The number of carboxylic acids is 1. The van der Waals surface area contributed by atoms with Crippen LogP contribution >= 0.6 is 0 Å². The molecule has 0 bridgehead atoms. The second-order valence-electron chi connectivity index (χ2n) is 12.7. The Morgan fingerprint density at radius 2 is 1.73 bits per heavy atom. The van der Waals surface area contributed by atoms with Gasteiger partial charge in [0.2, 0.25) is 0 Å². The van der Waals surface area contributed by atoms with E-state index in [1.54, 1.807) is 0 Å². The predicted molar refractivity (Wildman–Crippen MR) is 162 cm³/mol. The molecular formula is C34H54O6. The largest absolute Gasteiger partial charge is 0.507 e. The van der Waals surface area contributed by atoms with E-state index in [9.17, 15) is 9.90 Å². The van der Waals surface area contributed by atoms with E-state index in [1.807, 2.05) is 33.8 Å². The second-order valence-corrected chi connectivity index (χ2v) is 12.7. The standard InChI is InChI=1S/C34H54O6/c1-9-10-11-12-26-22-29(35)32(28-21-25(4)13-14-27(28)24(2)3)30(23-26)38-19-20-40-34(7,8)17-18-39-33(5,6)16-15-31(36)37/h21-23,27-28,35H,2,9-20H2,1,3-8H3,(H,36,37). The van der Waals surface area contributed by atoms with Crippen LogP contribution in [0.1, 0.15) is 117 Å². The number of aliphatic carboxylic acids is 1. The minimum absolute atomic E-state index is 0.0323. The van der Waals surface area contributed by atoms with E-state index in [1.165, 1.54) is 5.57 Å². The van der Waals surface area contributed by atoms with E-state index >= 15 is 0 Å². The number of unbranched alkanes of at least 4 members (excludes halogenated alkanes) is 2. The average molecular weight is 559 g/mol. The summed E-state index contributed by atoms with van der Waals surface area (Å²) in [7, 11) is 0. The Bertz CT molecular complexity index is 1010. The maximum absolute atomic E-state index is 11.3. The van der Waals surface area contributed by atoms with Gasteiger partial charge in [-0.1, -0.05) is 43.6 Å². The number of hydrogen-bond acceptors (Lipinski definition) is 5. The first-order valence-corrected chi connectivity index (χ1v) is 15.1. The molecule has 6 heteroatoms. The van der Waals surface area contributed by atoms with E-state index in [0.29, 0.717) is 38.4 Å². The van der Waals surface area contributed by atoms with Gasteiger partial charge in [-0.2, -0.15) is 0 Å². The van der Waals surface area contributed by atoms with Crippen molar-refractivity contribution in [1.82, 2.24) is 0 Å². The monoisotopic (exact) mass is 558 g/mol. The van der Waals surface area contributed by atoms with Crippen molar-refractivity contribution in [2.75, 3.05) is 19.8 Å². The zero-order valence-electron chi connectivity index (χ0n) is 26.1. The Morgan fingerprint density at radius 1 is 1.05 bits per heavy atom. The van der Waals surface area contributed by atoms with E-state index in [2.05, 4.69) is 39.5 Å². The third-order valence-electron chi connectivity index (χ3n) is 7.93. The molecule has 2 N–H and O–H groups in total. The van der Waals surface area contributed by atoms with Crippen molar-refractivity contribution >= 4 is 5.97 Å². The third-order valence-corrected chi connectivity index (χ3v) is 7.93. The summed E-state index contributed by atoms with van der Waals surface area (Å²) in [5.74, 6) is 0.518. The molecule has 0 radical (unpaired) electrons. The number of phenolic OH excluding ortho intramolecular Hbond substituents is 1. The number of phenols is 1. The normalized spacial score (nSPS) is 17.9. The van der Waals surface area contributed by atoms with Crippen LogP contribution in [0, 0.1) is 5.92 Å². The molecule has 0 fully saturated rings. The van der Waals surface area contributed by atoms with Crippen LogP contribution in [0.4, 0.5) is 0 Å². The molecule has 0 aromatic heterocycles. The van der Waals surface area contributed by atoms with Gasteiger partial charge in [-0.05, 0) is 104 Å². The average Bonchev–Trinajstić information content (AvgIpc) is 2.85. The highest BCUT2D eigenvalue weighted by atomic mass is 16.5. The number of aryl methyl sites for hydroxylation is 1. The highest BCUT2D eigenvalue weighted by molar-refractivity contribution is 5.66. The topological polar surface area (TPSA) is 85.2 Å².